The average Bonchev–Trinajstić information content (AvgIpc) is 2.34. The maximum atomic E-state index is 10.6. The third-order valence-electron chi connectivity index (χ3n) is 2.70. The van der Waals surface area contributed by atoms with Crippen molar-refractivity contribution in [3.8, 4) is 0 Å². The molecule has 2 atom stereocenters. The summed E-state index contributed by atoms with van der Waals surface area (Å²) in [6.45, 7) is 6.87. The highest BCUT2D eigenvalue weighted by Crippen LogP contribution is 2.18. The van der Waals surface area contributed by atoms with Crippen molar-refractivity contribution in [3.63, 3.8) is 0 Å². The molecule has 5 heteroatoms. The summed E-state index contributed by atoms with van der Waals surface area (Å²) in [6.07, 6.45) is -3.22. The van der Waals surface area contributed by atoms with Crippen LogP contribution in [0.15, 0.2) is 24.3 Å². The number of carbonyl (C=O) groups is 1. The highest BCUT2D eigenvalue weighted by atomic mass is 16.4. The van der Waals surface area contributed by atoms with Crippen molar-refractivity contribution >= 4 is 5.97 Å². The van der Waals surface area contributed by atoms with Crippen molar-refractivity contribution < 1.29 is 20.1 Å². The molecule has 0 saturated heterocycles. The molecule has 0 saturated carbocycles. The number of carboxylic acids is 1. The molecule has 5 nitrogen and oxygen atoms in total. The van der Waals surface area contributed by atoms with Gasteiger partial charge in [-0.05, 0) is 31.9 Å². The lowest BCUT2D eigenvalue weighted by atomic mass is 10.0. The second-order valence-corrected chi connectivity index (χ2v) is 5.57. The van der Waals surface area contributed by atoms with Gasteiger partial charge in [-0.15, -0.1) is 0 Å². The van der Waals surface area contributed by atoms with E-state index in [-0.39, 0.29) is 5.54 Å². The van der Waals surface area contributed by atoms with Crippen LogP contribution in [0.5, 0.6) is 0 Å². The van der Waals surface area contributed by atoms with E-state index < -0.39 is 18.2 Å². The Hall–Kier alpha value is -1.43. The van der Waals surface area contributed by atoms with Crippen LogP contribution in [-0.2, 0) is 11.3 Å². The number of rotatable bonds is 5. The molecule has 0 aliphatic heterocycles. The minimum atomic E-state index is -1.81. The second-order valence-electron chi connectivity index (χ2n) is 5.57. The van der Waals surface area contributed by atoms with Gasteiger partial charge in [0, 0.05) is 12.1 Å². The Morgan fingerprint density at radius 1 is 1.21 bits per heavy atom. The molecule has 106 valence electrons. The normalized spacial score (nSPS) is 15.0. The van der Waals surface area contributed by atoms with Crippen molar-refractivity contribution in [2.45, 2.75) is 45.1 Å². The maximum Gasteiger partial charge on any atom is 0.335 e. The zero-order chi connectivity index (χ0) is 14.6. The molecule has 0 spiro atoms. The molecule has 0 aliphatic rings. The van der Waals surface area contributed by atoms with Gasteiger partial charge in [0.2, 0.25) is 0 Å². The van der Waals surface area contributed by atoms with E-state index >= 15 is 0 Å². The minimum absolute atomic E-state index is 0.0116. The van der Waals surface area contributed by atoms with Gasteiger partial charge >= 0.3 is 5.97 Å². The molecule has 4 N–H and O–H groups in total. The fraction of sp³-hybridized carbons (Fsp3) is 0.500. The molecule has 0 heterocycles. The number of aliphatic hydroxyl groups is 2. The SMILES string of the molecule is CC(C)(C)NCc1ccc(C(O)C(O)C(=O)O)cc1. The Bertz CT molecular complexity index is 422. The van der Waals surface area contributed by atoms with Gasteiger partial charge in [-0.25, -0.2) is 4.79 Å². The summed E-state index contributed by atoms with van der Waals surface area (Å²) in [6, 6.07) is 6.84. The summed E-state index contributed by atoms with van der Waals surface area (Å²) in [5.74, 6) is -1.44. The van der Waals surface area contributed by atoms with E-state index in [0.29, 0.717) is 12.1 Å². The van der Waals surface area contributed by atoms with Crippen LogP contribution in [0.25, 0.3) is 0 Å². The van der Waals surface area contributed by atoms with E-state index in [0.717, 1.165) is 5.56 Å². The molecule has 0 radical (unpaired) electrons. The first kappa shape index (κ1) is 15.6. The summed E-state index contributed by atoms with van der Waals surface area (Å²) in [4.78, 5) is 10.6. The van der Waals surface area contributed by atoms with Crippen LogP contribution < -0.4 is 5.32 Å². The van der Waals surface area contributed by atoms with E-state index in [1.54, 1.807) is 24.3 Å². The molecule has 2 unspecified atom stereocenters. The number of aliphatic hydroxyl groups excluding tert-OH is 2. The summed E-state index contributed by atoms with van der Waals surface area (Å²) in [5.41, 5.74) is 1.42. The first-order valence-corrected chi connectivity index (χ1v) is 6.13. The Balaban J connectivity index is 2.68. The third-order valence-corrected chi connectivity index (χ3v) is 2.70. The zero-order valence-electron chi connectivity index (χ0n) is 11.4. The summed E-state index contributed by atoms with van der Waals surface area (Å²) in [5, 5.41) is 30.9. The van der Waals surface area contributed by atoms with Gasteiger partial charge in [-0.3, -0.25) is 0 Å². The topological polar surface area (TPSA) is 89.8 Å². The number of carboxylic acid groups (broad SMARTS) is 1. The number of benzene rings is 1. The average molecular weight is 267 g/mol. The predicted octanol–water partition coefficient (Wildman–Crippen LogP) is 1.05. The van der Waals surface area contributed by atoms with Crippen LogP contribution in [0, 0.1) is 0 Å². The Labute approximate surface area is 112 Å². The van der Waals surface area contributed by atoms with Crippen molar-refractivity contribution in [2.24, 2.45) is 0 Å². The smallest absolute Gasteiger partial charge is 0.335 e. The van der Waals surface area contributed by atoms with Crippen molar-refractivity contribution in [3.05, 3.63) is 35.4 Å². The Kier molecular flexibility index (Phi) is 5.05. The van der Waals surface area contributed by atoms with Gasteiger partial charge in [0.15, 0.2) is 6.10 Å². The van der Waals surface area contributed by atoms with Crippen molar-refractivity contribution in [1.29, 1.82) is 0 Å². The molecule has 0 aromatic heterocycles. The first-order chi connectivity index (χ1) is 8.70. The molecule has 0 amide bonds. The molecule has 0 aliphatic carbocycles. The third kappa shape index (κ3) is 4.98. The summed E-state index contributed by atoms with van der Waals surface area (Å²) < 4.78 is 0. The van der Waals surface area contributed by atoms with E-state index in [4.69, 9.17) is 5.11 Å². The number of aliphatic carboxylic acids is 1. The van der Waals surface area contributed by atoms with E-state index in [9.17, 15) is 15.0 Å². The molecule has 0 bridgehead atoms. The van der Waals surface area contributed by atoms with Gasteiger partial charge in [-0.1, -0.05) is 24.3 Å². The Morgan fingerprint density at radius 3 is 2.16 bits per heavy atom. The monoisotopic (exact) mass is 267 g/mol. The van der Waals surface area contributed by atoms with Crippen LogP contribution >= 0.6 is 0 Å². The predicted molar refractivity (Wildman–Crippen MR) is 71.6 cm³/mol. The molecule has 1 aromatic rings. The molecule has 0 fully saturated rings. The molecule has 19 heavy (non-hydrogen) atoms. The largest absolute Gasteiger partial charge is 0.479 e. The van der Waals surface area contributed by atoms with Gasteiger partial charge in [0.25, 0.3) is 0 Å². The summed E-state index contributed by atoms with van der Waals surface area (Å²) >= 11 is 0. The number of hydrogen-bond acceptors (Lipinski definition) is 4. The van der Waals surface area contributed by atoms with Crippen LogP contribution in [0.2, 0.25) is 0 Å². The van der Waals surface area contributed by atoms with Crippen LogP contribution in [0.3, 0.4) is 0 Å². The molecule has 1 aromatic carbocycles. The summed E-state index contributed by atoms with van der Waals surface area (Å²) in [7, 11) is 0. The lowest BCUT2D eigenvalue weighted by molar-refractivity contribution is -0.153. The fourth-order valence-electron chi connectivity index (χ4n) is 1.52. The standard InChI is InChI=1S/C14H21NO4/c1-14(2,3)15-8-9-4-6-10(7-5-9)11(16)12(17)13(18)19/h4-7,11-12,15-17H,8H2,1-3H3,(H,18,19). The van der Waals surface area contributed by atoms with E-state index in [1.165, 1.54) is 0 Å². The van der Waals surface area contributed by atoms with Gasteiger partial charge < -0.3 is 20.6 Å². The van der Waals surface area contributed by atoms with Crippen LogP contribution in [-0.4, -0.2) is 32.9 Å². The zero-order valence-corrected chi connectivity index (χ0v) is 11.4. The highest BCUT2D eigenvalue weighted by molar-refractivity contribution is 5.73. The molecular weight excluding hydrogens is 246 g/mol. The number of nitrogens with one attached hydrogen (secondary N) is 1. The maximum absolute atomic E-state index is 10.6. The van der Waals surface area contributed by atoms with Crippen molar-refractivity contribution in [2.75, 3.05) is 0 Å². The van der Waals surface area contributed by atoms with Crippen LogP contribution in [0.1, 0.15) is 38.0 Å². The second kappa shape index (κ2) is 6.14. The minimum Gasteiger partial charge on any atom is -0.479 e. The number of hydrogen-bond donors (Lipinski definition) is 4. The van der Waals surface area contributed by atoms with Crippen LogP contribution in [0.4, 0.5) is 0 Å². The molecular formula is C14H21NO4. The fourth-order valence-corrected chi connectivity index (χ4v) is 1.52. The van der Waals surface area contributed by atoms with Crippen molar-refractivity contribution in [1.82, 2.24) is 5.32 Å². The van der Waals surface area contributed by atoms with Gasteiger partial charge in [0.1, 0.15) is 6.10 Å². The van der Waals surface area contributed by atoms with Gasteiger partial charge in [0.05, 0.1) is 0 Å². The lowest BCUT2D eigenvalue weighted by Gasteiger charge is -2.21. The van der Waals surface area contributed by atoms with E-state index in [1.807, 2.05) is 0 Å². The lowest BCUT2D eigenvalue weighted by Crippen LogP contribution is -2.35. The quantitative estimate of drug-likeness (QED) is 0.640. The Morgan fingerprint density at radius 2 is 1.74 bits per heavy atom. The first-order valence-electron chi connectivity index (χ1n) is 6.13. The van der Waals surface area contributed by atoms with E-state index in [2.05, 4.69) is 26.1 Å². The highest BCUT2D eigenvalue weighted by Gasteiger charge is 2.24. The van der Waals surface area contributed by atoms with Gasteiger partial charge in [-0.2, -0.15) is 0 Å². The molecule has 1 rings (SSSR count).